The maximum Gasteiger partial charge on any atom is 0.255 e. The highest BCUT2D eigenvalue weighted by Gasteiger charge is 2.35. The molecule has 1 aliphatic heterocycles. The molecule has 1 atom stereocenters. The fourth-order valence-corrected chi connectivity index (χ4v) is 3.87. The van der Waals surface area contributed by atoms with Gasteiger partial charge in [-0.3, -0.25) is 9.78 Å². The number of amides is 1. The van der Waals surface area contributed by atoms with E-state index in [-0.39, 0.29) is 5.91 Å². The number of carbonyl (C=O) groups excluding carboxylic acids is 1. The Balaban J connectivity index is 1.46. The molecule has 1 saturated heterocycles. The lowest BCUT2D eigenvalue weighted by molar-refractivity contribution is 0.0659. The van der Waals surface area contributed by atoms with E-state index in [1.807, 2.05) is 24.0 Å². The molecule has 3 heterocycles. The predicted molar refractivity (Wildman–Crippen MR) is 103 cm³/mol. The van der Waals surface area contributed by atoms with Crippen LogP contribution in [0, 0.1) is 18.8 Å². The lowest BCUT2D eigenvalue weighted by Gasteiger charge is -2.33. The smallest absolute Gasteiger partial charge is 0.255 e. The molecule has 1 saturated carbocycles. The Hall–Kier alpha value is -2.14. The molecule has 2 aromatic heterocycles. The van der Waals surface area contributed by atoms with Gasteiger partial charge in [0.2, 0.25) is 0 Å². The van der Waals surface area contributed by atoms with Crippen molar-refractivity contribution in [2.45, 2.75) is 32.6 Å². The maximum absolute atomic E-state index is 12.8. The van der Waals surface area contributed by atoms with E-state index in [1.54, 1.807) is 18.5 Å². The number of hydrogen-bond acceptors (Lipinski definition) is 4. The van der Waals surface area contributed by atoms with Gasteiger partial charge < -0.3 is 10.2 Å². The molecule has 1 amide bonds. The number of likely N-dealkylation sites (tertiary alicyclic amines) is 1. The molecule has 5 nitrogen and oxygen atoms in total. The van der Waals surface area contributed by atoms with Crippen molar-refractivity contribution in [1.82, 2.24) is 14.9 Å². The molecule has 1 unspecified atom stereocenters. The average molecular weight is 371 g/mol. The molecule has 2 aromatic rings. The zero-order valence-electron chi connectivity index (χ0n) is 14.9. The summed E-state index contributed by atoms with van der Waals surface area (Å²) in [6, 6.07) is 5.55. The van der Waals surface area contributed by atoms with E-state index in [9.17, 15) is 4.79 Å². The minimum absolute atomic E-state index is 0.0355. The number of piperidine rings is 1. The van der Waals surface area contributed by atoms with Crippen LogP contribution in [0.4, 0.5) is 11.5 Å². The Bertz CT molecular complexity index is 804. The van der Waals surface area contributed by atoms with E-state index >= 15 is 0 Å². The second-order valence-corrected chi connectivity index (χ2v) is 7.77. The van der Waals surface area contributed by atoms with Gasteiger partial charge in [0.1, 0.15) is 5.82 Å². The number of halogens is 1. The summed E-state index contributed by atoms with van der Waals surface area (Å²) >= 11 is 6.37. The zero-order chi connectivity index (χ0) is 18.1. The summed E-state index contributed by atoms with van der Waals surface area (Å²) < 4.78 is 0. The van der Waals surface area contributed by atoms with Crippen molar-refractivity contribution in [3.8, 4) is 0 Å². The van der Waals surface area contributed by atoms with Gasteiger partial charge in [0, 0.05) is 25.0 Å². The molecule has 26 heavy (non-hydrogen) atoms. The van der Waals surface area contributed by atoms with Gasteiger partial charge in [0.15, 0.2) is 0 Å². The van der Waals surface area contributed by atoms with Gasteiger partial charge in [-0.25, -0.2) is 4.98 Å². The number of aromatic nitrogens is 2. The first-order chi connectivity index (χ1) is 12.6. The molecule has 0 bridgehead atoms. The average Bonchev–Trinajstić information content (AvgIpc) is 3.50. The van der Waals surface area contributed by atoms with Gasteiger partial charge in [-0.15, -0.1) is 0 Å². The van der Waals surface area contributed by atoms with Gasteiger partial charge in [0.25, 0.3) is 5.91 Å². The van der Waals surface area contributed by atoms with Gasteiger partial charge in [-0.05, 0) is 62.6 Å². The summed E-state index contributed by atoms with van der Waals surface area (Å²) in [7, 11) is 0. The standard InChI is InChI=1S/C20H23ClN4O/c1-13-4-7-17(11-22-13)24-19-18(21)9-16(10-23-19)20(26)25-8-2-3-15(12-25)14-5-6-14/h4,7,9-11,14-15H,2-3,5-6,8,12H2,1H3,(H,23,24). The van der Waals surface area contributed by atoms with Gasteiger partial charge >= 0.3 is 0 Å². The molecular formula is C20H23ClN4O. The second kappa shape index (κ2) is 7.23. The van der Waals surface area contributed by atoms with E-state index < -0.39 is 0 Å². The lowest BCUT2D eigenvalue weighted by atomic mass is 9.93. The molecule has 136 valence electrons. The molecule has 1 N–H and O–H groups in total. The topological polar surface area (TPSA) is 58.1 Å². The van der Waals surface area contributed by atoms with Gasteiger partial charge in [0.05, 0.1) is 22.5 Å². The highest BCUT2D eigenvalue weighted by molar-refractivity contribution is 6.33. The first kappa shape index (κ1) is 17.3. The van der Waals surface area contributed by atoms with Crippen LogP contribution in [-0.4, -0.2) is 33.9 Å². The Morgan fingerprint density at radius 3 is 2.73 bits per heavy atom. The quantitative estimate of drug-likeness (QED) is 0.864. The third-order valence-corrected chi connectivity index (χ3v) is 5.58. The minimum Gasteiger partial charge on any atom is -0.338 e. The van der Waals surface area contributed by atoms with Crippen molar-refractivity contribution in [3.63, 3.8) is 0 Å². The Morgan fingerprint density at radius 1 is 1.19 bits per heavy atom. The summed E-state index contributed by atoms with van der Waals surface area (Å²) in [6.45, 7) is 3.63. The molecule has 4 rings (SSSR count). The monoisotopic (exact) mass is 370 g/mol. The van der Waals surface area contributed by atoms with E-state index in [2.05, 4.69) is 15.3 Å². The van der Waals surface area contributed by atoms with Crippen LogP contribution in [0.15, 0.2) is 30.6 Å². The molecule has 2 aliphatic rings. The van der Waals surface area contributed by atoms with Crippen molar-refractivity contribution in [1.29, 1.82) is 0 Å². The number of carbonyl (C=O) groups is 1. The Kier molecular flexibility index (Phi) is 4.81. The third kappa shape index (κ3) is 3.83. The number of pyridine rings is 2. The van der Waals surface area contributed by atoms with Crippen molar-refractivity contribution in [3.05, 3.63) is 46.9 Å². The van der Waals surface area contributed by atoms with E-state index in [0.29, 0.717) is 22.3 Å². The SMILES string of the molecule is Cc1ccc(Nc2ncc(C(=O)N3CCCC(C4CC4)C3)cc2Cl)cn1. The van der Waals surface area contributed by atoms with Crippen LogP contribution < -0.4 is 5.32 Å². The first-order valence-electron chi connectivity index (χ1n) is 9.24. The molecule has 0 spiro atoms. The second-order valence-electron chi connectivity index (χ2n) is 7.36. The predicted octanol–water partition coefficient (Wildman–Crippen LogP) is 4.44. The number of hydrogen-bond donors (Lipinski definition) is 1. The molecular weight excluding hydrogens is 348 g/mol. The molecule has 6 heteroatoms. The van der Waals surface area contributed by atoms with Crippen LogP contribution in [0.3, 0.4) is 0 Å². The highest BCUT2D eigenvalue weighted by Crippen LogP contribution is 2.41. The van der Waals surface area contributed by atoms with Crippen LogP contribution in [0.2, 0.25) is 5.02 Å². The number of nitrogens with zero attached hydrogens (tertiary/aromatic N) is 3. The Morgan fingerprint density at radius 2 is 2.04 bits per heavy atom. The summed E-state index contributed by atoms with van der Waals surface area (Å²) in [4.78, 5) is 23.4. The normalized spacial score (nSPS) is 20.1. The Labute approximate surface area is 158 Å². The van der Waals surface area contributed by atoms with Crippen LogP contribution in [0.25, 0.3) is 0 Å². The highest BCUT2D eigenvalue weighted by atomic mass is 35.5. The number of nitrogens with one attached hydrogen (secondary N) is 1. The third-order valence-electron chi connectivity index (χ3n) is 5.30. The number of anilines is 2. The fraction of sp³-hybridized carbons (Fsp3) is 0.450. The molecule has 0 aromatic carbocycles. The summed E-state index contributed by atoms with van der Waals surface area (Å²) in [5, 5.41) is 3.58. The van der Waals surface area contributed by atoms with Crippen LogP contribution >= 0.6 is 11.6 Å². The van der Waals surface area contributed by atoms with Crippen molar-refractivity contribution >= 4 is 29.0 Å². The van der Waals surface area contributed by atoms with Gasteiger partial charge in [-0.2, -0.15) is 0 Å². The molecule has 0 radical (unpaired) electrons. The summed E-state index contributed by atoms with van der Waals surface area (Å²) in [5.41, 5.74) is 2.31. The minimum atomic E-state index is 0.0355. The lowest BCUT2D eigenvalue weighted by Crippen LogP contribution is -2.40. The van der Waals surface area contributed by atoms with E-state index in [1.165, 1.54) is 19.3 Å². The van der Waals surface area contributed by atoms with Crippen LogP contribution in [0.1, 0.15) is 41.7 Å². The maximum atomic E-state index is 12.8. The first-order valence-corrected chi connectivity index (χ1v) is 9.62. The zero-order valence-corrected chi connectivity index (χ0v) is 15.7. The number of aryl methyl sites for hydroxylation is 1. The van der Waals surface area contributed by atoms with Crippen molar-refractivity contribution in [2.24, 2.45) is 11.8 Å². The van der Waals surface area contributed by atoms with E-state index in [0.717, 1.165) is 36.8 Å². The summed E-state index contributed by atoms with van der Waals surface area (Å²) in [5.74, 6) is 2.07. The fourth-order valence-electron chi connectivity index (χ4n) is 3.65. The van der Waals surface area contributed by atoms with E-state index in [4.69, 9.17) is 11.6 Å². The van der Waals surface area contributed by atoms with Crippen molar-refractivity contribution in [2.75, 3.05) is 18.4 Å². The van der Waals surface area contributed by atoms with Crippen LogP contribution in [0.5, 0.6) is 0 Å². The van der Waals surface area contributed by atoms with Crippen molar-refractivity contribution < 1.29 is 4.79 Å². The largest absolute Gasteiger partial charge is 0.338 e. The van der Waals surface area contributed by atoms with Crippen LogP contribution in [-0.2, 0) is 0 Å². The van der Waals surface area contributed by atoms with Gasteiger partial charge in [-0.1, -0.05) is 11.6 Å². The molecule has 1 aliphatic carbocycles. The summed E-state index contributed by atoms with van der Waals surface area (Å²) in [6.07, 6.45) is 8.34. The number of rotatable bonds is 4. The molecule has 2 fully saturated rings.